The fourth-order valence-corrected chi connectivity index (χ4v) is 4.05. The molecule has 0 spiro atoms. The van der Waals surface area contributed by atoms with Gasteiger partial charge in [0.15, 0.2) is 6.61 Å². The summed E-state index contributed by atoms with van der Waals surface area (Å²) in [5, 5.41) is 3.59. The molecule has 0 bridgehead atoms. The van der Waals surface area contributed by atoms with Gasteiger partial charge in [-0.25, -0.2) is 4.39 Å². The number of aryl methyl sites for hydroxylation is 2. The van der Waals surface area contributed by atoms with E-state index in [1.807, 2.05) is 58.0 Å². The summed E-state index contributed by atoms with van der Waals surface area (Å²) in [7, 11) is 0. The minimum atomic E-state index is -0.787. The van der Waals surface area contributed by atoms with Gasteiger partial charge < -0.3 is 15.0 Å². The molecule has 3 rings (SSSR count). The minimum Gasteiger partial charge on any atom is -0.484 e. The minimum absolute atomic E-state index is 0.102. The Balaban J connectivity index is 1.91. The molecule has 0 saturated heterocycles. The van der Waals surface area contributed by atoms with Gasteiger partial charge in [0.05, 0.1) is 0 Å². The first-order valence-electron chi connectivity index (χ1n) is 11.9. The van der Waals surface area contributed by atoms with Gasteiger partial charge in [-0.1, -0.05) is 54.1 Å². The third-order valence-corrected chi connectivity index (χ3v) is 6.34. The van der Waals surface area contributed by atoms with Crippen molar-refractivity contribution in [2.75, 3.05) is 6.61 Å². The van der Waals surface area contributed by atoms with E-state index in [1.54, 1.807) is 24.3 Å². The summed E-state index contributed by atoms with van der Waals surface area (Å²) in [6, 6.07) is 18.1. The second-order valence-corrected chi connectivity index (χ2v) is 9.55. The van der Waals surface area contributed by atoms with Crippen LogP contribution < -0.4 is 10.1 Å². The summed E-state index contributed by atoms with van der Waals surface area (Å²) in [5.74, 6) is -0.463. The molecule has 0 unspecified atom stereocenters. The van der Waals surface area contributed by atoms with Crippen molar-refractivity contribution >= 4 is 23.4 Å². The fraction of sp³-hybridized carbons (Fsp3) is 0.310. The van der Waals surface area contributed by atoms with E-state index in [9.17, 15) is 14.0 Å². The van der Waals surface area contributed by atoms with Crippen molar-refractivity contribution in [1.29, 1.82) is 0 Å². The highest BCUT2D eigenvalue weighted by Gasteiger charge is 2.31. The first-order chi connectivity index (χ1) is 17.1. The molecule has 0 saturated carbocycles. The molecule has 0 aromatic heterocycles. The van der Waals surface area contributed by atoms with Crippen molar-refractivity contribution in [3.8, 4) is 5.75 Å². The van der Waals surface area contributed by atoms with E-state index in [-0.39, 0.29) is 36.8 Å². The van der Waals surface area contributed by atoms with Gasteiger partial charge >= 0.3 is 0 Å². The number of hydrogen-bond acceptors (Lipinski definition) is 3. The summed E-state index contributed by atoms with van der Waals surface area (Å²) in [4.78, 5) is 28.4. The molecule has 3 aromatic rings. The van der Waals surface area contributed by atoms with E-state index in [4.69, 9.17) is 16.3 Å². The Morgan fingerprint density at radius 2 is 1.58 bits per heavy atom. The molecule has 0 fully saturated rings. The summed E-state index contributed by atoms with van der Waals surface area (Å²) in [6.07, 6.45) is 0.325. The Bertz CT molecular complexity index is 1160. The number of carbonyl (C=O) groups excluding carboxylic acids is 2. The van der Waals surface area contributed by atoms with E-state index in [2.05, 4.69) is 5.32 Å². The van der Waals surface area contributed by atoms with Gasteiger partial charge in [0, 0.05) is 24.0 Å². The normalized spacial score (nSPS) is 11.8. The number of hydrogen-bond donors (Lipinski definition) is 1. The predicted molar refractivity (Wildman–Crippen MR) is 141 cm³/mol. The molecule has 0 radical (unpaired) electrons. The maximum atomic E-state index is 13.6. The van der Waals surface area contributed by atoms with E-state index in [1.165, 1.54) is 17.0 Å². The maximum absolute atomic E-state index is 13.6. The number of amides is 2. The number of nitrogens with one attached hydrogen (secondary N) is 1. The van der Waals surface area contributed by atoms with Crippen LogP contribution in [0, 0.1) is 19.7 Å². The smallest absolute Gasteiger partial charge is 0.261 e. The van der Waals surface area contributed by atoms with Crippen LogP contribution in [-0.2, 0) is 22.6 Å². The molecule has 3 aromatic carbocycles. The highest BCUT2D eigenvalue weighted by molar-refractivity contribution is 6.32. The number of halogens is 2. The van der Waals surface area contributed by atoms with Crippen molar-refractivity contribution in [3.05, 3.63) is 99.8 Å². The number of ether oxygens (including phenoxy) is 1. The van der Waals surface area contributed by atoms with Crippen LogP contribution in [0.5, 0.6) is 5.75 Å². The average Bonchev–Trinajstić information content (AvgIpc) is 2.84. The highest BCUT2D eigenvalue weighted by Crippen LogP contribution is 2.26. The van der Waals surface area contributed by atoms with Gasteiger partial charge in [0.1, 0.15) is 17.6 Å². The zero-order chi connectivity index (χ0) is 26.2. The summed E-state index contributed by atoms with van der Waals surface area (Å²) in [5.41, 5.74) is 3.32. The number of benzene rings is 3. The topological polar surface area (TPSA) is 58.6 Å². The lowest BCUT2D eigenvalue weighted by atomic mass is 10.0. The fourth-order valence-electron chi connectivity index (χ4n) is 3.94. The van der Waals surface area contributed by atoms with Crippen molar-refractivity contribution in [3.63, 3.8) is 0 Å². The van der Waals surface area contributed by atoms with E-state index in [0.29, 0.717) is 22.8 Å². The number of carbonyl (C=O) groups is 2. The van der Waals surface area contributed by atoms with Crippen LogP contribution in [0.15, 0.2) is 66.7 Å². The first-order valence-corrected chi connectivity index (χ1v) is 12.3. The largest absolute Gasteiger partial charge is 0.484 e. The monoisotopic (exact) mass is 510 g/mol. The molecule has 190 valence electrons. The Morgan fingerprint density at radius 3 is 2.17 bits per heavy atom. The van der Waals surface area contributed by atoms with Crippen molar-refractivity contribution in [2.45, 2.75) is 52.7 Å². The molecular formula is C29H32ClFN2O3. The summed E-state index contributed by atoms with van der Waals surface area (Å²) in [6.45, 7) is 7.36. The summed E-state index contributed by atoms with van der Waals surface area (Å²) < 4.78 is 19.4. The molecule has 7 heteroatoms. The second-order valence-electron chi connectivity index (χ2n) is 9.18. The summed E-state index contributed by atoms with van der Waals surface area (Å²) >= 11 is 6.26. The zero-order valence-electron chi connectivity index (χ0n) is 21.1. The van der Waals surface area contributed by atoms with Crippen molar-refractivity contribution in [1.82, 2.24) is 10.2 Å². The standard InChI is InChI=1S/C29H32ClFN2O3/c1-19(2)32-29(35)26(16-22-8-6-5-7-9-22)33(17-23-10-12-24(31)13-11-23)27(34)18-36-25-14-20(3)28(30)21(4)15-25/h5-15,19,26H,16-18H2,1-4H3,(H,32,35)/t26-/m1/s1. The lowest BCUT2D eigenvalue weighted by Crippen LogP contribution is -2.52. The van der Waals surface area contributed by atoms with E-state index in [0.717, 1.165) is 16.7 Å². The zero-order valence-corrected chi connectivity index (χ0v) is 21.8. The molecule has 1 N–H and O–H groups in total. The van der Waals surface area contributed by atoms with Gasteiger partial charge in [-0.3, -0.25) is 9.59 Å². The van der Waals surface area contributed by atoms with Crippen LogP contribution in [0.1, 0.15) is 36.1 Å². The molecule has 0 aliphatic rings. The molecule has 0 aliphatic heterocycles. The SMILES string of the molecule is Cc1cc(OCC(=O)N(Cc2ccc(F)cc2)[C@H](Cc2ccccc2)C(=O)NC(C)C)cc(C)c1Cl. The molecular weight excluding hydrogens is 479 g/mol. The van der Waals surface area contributed by atoms with E-state index < -0.39 is 6.04 Å². The first kappa shape index (κ1) is 27.2. The third kappa shape index (κ3) is 7.56. The second kappa shape index (κ2) is 12.5. The van der Waals surface area contributed by atoms with Crippen LogP contribution >= 0.6 is 11.6 Å². The predicted octanol–water partition coefficient (Wildman–Crippen LogP) is 5.64. The quantitative estimate of drug-likeness (QED) is 0.384. The van der Waals surface area contributed by atoms with E-state index >= 15 is 0 Å². The number of rotatable bonds is 10. The van der Waals surface area contributed by atoms with Crippen molar-refractivity contribution < 1.29 is 18.7 Å². The van der Waals surface area contributed by atoms with Gasteiger partial charge in [-0.05, 0) is 74.2 Å². The van der Waals surface area contributed by atoms with Crippen LogP contribution in [-0.4, -0.2) is 35.4 Å². The lowest BCUT2D eigenvalue weighted by Gasteiger charge is -2.32. The van der Waals surface area contributed by atoms with Gasteiger partial charge in [0.25, 0.3) is 5.91 Å². The Morgan fingerprint density at radius 1 is 0.972 bits per heavy atom. The molecule has 36 heavy (non-hydrogen) atoms. The van der Waals surface area contributed by atoms with Crippen LogP contribution in [0.2, 0.25) is 5.02 Å². The number of nitrogens with zero attached hydrogens (tertiary/aromatic N) is 1. The van der Waals surface area contributed by atoms with Gasteiger partial charge in [-0.2, -0.15) is 0 Å². The van der Waals surface area contributed by atoms with Gasteiger partial charge in [0.2, 0.25) is 5.91 Å². The Kier molecular flexibility index (Phi) is 9.48. The van der Waals surface area contributed by atoms with Crippen LogP contribution in [0.3, 0.4) is 0 Å². The third-order valence-electron chi connectivity index (χ3n) is 5.74. The van der Waals surface area contributed by atoms with Crippen LogP contribution in [0.25, 0.3) is 0 Å². The molecule has 5 nitrogen and oxygen atoms in total. The van der Waals surface area contributed by atoms with Gasteiger partial charge in [-0.15, -0.1) is 0 Å². The Labute approximate surface area is 217 Å². The molecule has 2 amide bonds. The lowest BCUT2D eigenvalue weighted by molar-refractivity contribution is -0.143. The average molecular weight is 511 g/mol. The molecule has 0 aliphatic carbocycles. The molecule has 0 heterocycles. The maximum Gasteiger partial charge on any atom is 0.261 e. The highest BCUT2D eigenvalue weighted by atomic mass is 35.5. The van der Waals surface area contributed by atoms with Crippen LogP contribution in [0.4, 0.5) is 4.39 Å². The molecule has 1 atom stereocenters. The Hall–Kier alpha value is -3.38. The van der Waals surface area contributed by atoms with Crippen molar-refractivity contribution in [2.24, 2.45) is 0 Å².